The van der Waals surface area contributed by atoms with Crippen LogP contribution in [0.2, 0.25) is 0 Å². The third kappa shape index (κ3) is 2.70. The second-order valence-corrected chi connectivity index (χ2v) is 5.24. The van der Waals surface area contributed by atoms with Crippen LogP contribution in [0.5, 0.6) is 0 Å². The minimum Gasteiger partial charge on any atom is -0.398 e. The summed E-state index contributed by atoms with van der Waals surface area (Å²) in [6, 6.07) is 2.57. The second kappa shape index (κ2) is 5.66. The summed E-state index contributed by atoms with van der Waals surface area (Å²) in [5.74, 6) is -0.682. The number of carbonyl (C=O) groups is 1. The lowest BCUT2D eigenvalue weighted by Crippen LogP contribution is -2.44. The number of hydrogen-bond acceptors (Lipinski definition) is 4. The van der Waals surface area contributed by atoms with Crippen molar-refractivity contribution in [1.29, 1.82) is 0 Å². The molecule has 20 heavy (non-hydrogen) atoms. The van der Waals surface area contributed by atoms with Gasteiger partial charge in [0.1, 0.15) is 5.82 Å². The Hall–Kier alpha value is -1.82. The molecule has 0 aromatic heterocycles. The quantitative estimate of drug-likeness (QED) is 0.820. The molecule has 2 atom stereocenters. The standard InChI is InChI=1S/C14H20FN3O2/c1-8-3-4-18(7-13(8)20-2)12-5-9(14(17)19)11(16)6-10(12)15/h5-6,8,13H,3-4,7,16H2,1-2H3,(H2,17,19). The number of nitrogen functional groups attached to an aromatic ring is 1. The zero-order valence-electron chi connectivity index (χ0n) is 11.7. The van der Waals surface area contributed by atoms with Gasteiger partial charge < -0.3 is 21.1 Å². The van der Waals surface area contributed by atoms with Crippen LogP contribution in [0.4, 0.5) is 15.8 Å². The highest BCUT2D eigenvalue weighted by molar-refractivity contribution is 5.99. The second-order valence-electron chi connectivity index (χ2n) is 5.24. The molecule has 6 heteroatoms. The average Bonchev–Trinajstić information content (AvgIpc) is 2.39. The normalized spacial score (nSPS) is 22.9. The van der Waals surface area contributed by atoms with Crippen LogP contribution in [0, 0.1) is 11.7 Å². The van der Waals surface area contributed by atoms with Gasteiger partial charge >= 0.3 is 0 Å². The van der Waals surface area contributed by atoms with Crippen LogP contribution in [-0.2, 0) is 4.74 Å². The number of hydrogen-bond donors (Lipinski definition) is 2. The number of rotatable bonds is 3. The minimum atomic E-state index is -0.655. The number of anilines is 2. The van der Waals surface area contributed by atoms with Crippen LogP contribution in [-0.4, -0.2) is 32.2 Å². The van der Waals surface area contributed by atoms with E-state index in [4.69, 9.17) is 16.2 Å². The number of halogens is 1. The van der Waals surface area contributed by atoms with E-state index in [2.05, 4.69) is 6.92 Å². The molecule has 1 aliphatic heterocycles. The Bertz CT molecular complexity index is 521. The number of amides is 1. The minimum absolute atomic E-state index is 0.0396. The molecule has 1 aromatic carbocycles. The van der Waals surface area contributed by atoms with Crippen molar-refractivity contribution in [1.82, 2.24) is 0 Å². The van der Waals surface area contributed by atoms with E-state index in [-0.39, 0.29) is 17.4 Å². The van der Waals surface area contributed by atoms with E-state index in [0.717, 1.165) is 12.5 Å². The van der Waals surface area contributed by atoms with Crippen molar-refractivity contribution in [3.05, 3.63) is 23.5 Å². The maximum atomic E-state index is 14.1. The highest BCUT2D eigenvalue weighted by atomic mass is 19.1. The highest BCUT2D eigenvalue weighted by Crippen LogP contribution is 2.29. The van der Waals surface area contributed by atoms with Crippen molar-refractivity contribution in [2.75, 3.05) is 30.8 Å². The Morgan fingerprint density at radius 3 is 2.80 bits per heavy atom. The van der Waals surface area contributed by atoms with Crippen molar-refractivity contribution < 1.29 is 13.9 Å². The van der Waals surface area contributed by atoms with Crippen LogP contribution < -0.4 is 16.4 Å². The topological polar surface area (TPSA) is 81.6 Å². The molecule has 0 bridgehead atoms. The molecule has 110 valence electrons. The molecule has 5 nitrogen and oxygen atoms in total. The zero-order valence-corrected chi connectivity index (χ0v) is 11.7. The summed E-state index contributed by atoms with van der Waals surface area (Å²) in [6.07, 6.45) is 0.937. The third-order valence-corrected chi connectivity index (χ3v) is 3.92. The smallest absolute Gasteiger partial charge is 0.250 e. The lowest BCUT2D eigenvalue weighted by molar-refractivity contribution is 0.0497. The predicted molar refractivity (Wildman–Crippen MR) is 76.1 cm³/mol. The highest BCUT2D eigenvalue weighted by Gasteiger charge is 2.28. The number of nitrogens with zero attached hydrogens (tertiary/aromatic N) is 1. The number of primary amides is 1. The van der Waals surface area contributed by atoms with Crippen LogP contribution in [0.25, 0.3) is 0 Å². The lowest BCUT2D eigenvalue weighted by atomic mass is 9.95. The molecular formula is C14H20FN3O2. The van der Waals surface area contributed by atoms with Gasteiger partial charge in [-0.3, -0.25) is 4.79 Å². The van der Waals surface area contributed by atoms with Crippen molar-refractivity contribution in [2.45, 2.75) is 19.4 Å². The van der Waals surface area contributed by atoms with Crippen molar-refractivity contribution in [2.24, 2.45) is 11.7 Å². The number of piperidine rings is 1. The van der Waals surface area contributed by atoms with E-state index in [0.29, 0.717) is 24.7 Å². The van der Waals surface area contributed by atoms with E-state index in [9.17, 15) is 9.18 Å². The van der Waals surface area contributed by atoms with E-state index in [1.807, 2.05) is 4.90 Å². The lowest BCUT2D eigenvalue weighted by Gasteiger charge is -2.37. The van der Waals surface area contributed by atoms with Gasteiger partial charge in [-0.05, 0) is 24.5 Å². The average molecular weight is 281 g/mol. The third-order valence-electron chi connectivity index (χ3n) is 3.92. The molecular weight excluding hydrogens is 261 g/mol. The first-order valence-corrected chi connectivity index (χ1v) is 6.60. The maximum absolute atomic E-state index is 14.1. The van der Waals surface area contributed by atoms with Crippen LogP contribution in [0.3, 0.4) is 0 Å². The number of ether oxygens (including phenoxy) is 1. The molecule has 0 radical (unpaired) electrons. The predicted octanol–water partition coefficient (Wildman–Crippen LogP) is 1.37. The summed E-state index contributed by atoms with van der Waals surface area (Å²) >= 11 is 0. The molecule has 1 saturated heterocycles. The number of carbonyl (C=O) groups excluding carboxylic acids is 1. The maximum Gasteiger partial charge on any atom is 0.250 e. The Kier molecular flexibility index (Phi) is 4.13. The molecule has 2 unspecified atom stereocenters. The summed E-state index contributed by atoms with van der Waals surface area (Å²) in [7, 11) is 1.65. The van der Waals surface area contributed by atoms with Gasteiger partial charge in [0.25, 0.3) is 5.91 Å². The first kappa shape index (κ1) is 14.6. The number of nitrogens with two attached hydrogens (primary N) is 2. The van der Waals surface area contributed by atoms with Gasteiger partial charge in [0.2, 0.25) is 0 Å². The van der Waals surface area contributed by atoms with Crippen LogP contribution >= 0.6 is 0 Å². The van der Waals surface area contributed by atoms with Gasteiger partial charge in [0.15, 0.2) is 0 Å². The Morgan fingerprint density at radius 2 is 2.20 bits per heavy atom. The Balaban J connectivity index is 2.33. The Labute approximate surface area is 117 Å². The van der Waals surface area contributed by atoms with Gasteiger partial charge in [-0.1, -0.05) is 6.92 Å². The summed E-state index contributed by atoms with van der Waals surface area (Å²) in [4.78, 5) is 13.2. The zero-order chi connectivity index (χ0) is 14.9. The van der Waals surface area contributed by atoms with Gasteiger partial charge in [-0.15, -0.1) is 0 Å². The first-order chi connectivity index (χ1) is 9.43. The van der Waals surface area contributed by atoms with Crippen molar-refractivity contribution in [3.63, 3.8) is 0 Å². The van der Waals surface area contributed by atoms with Gasteiger partial charge in [0.05, 0.1) is 17.4 Å². The van der Waals surface area contributed by atoms with Gasteiger partial charge in [-0.25, -0.2) is 4.39 Å². The van der Waals surface area contributed by atoms with Gasteiger partial charge in [0, 0.05) is 25.9 Å². The molecule has 4 N–H and O–H groups in total. The molecule has 1 aliphatic rings. The molecule has 1 amide bonds. The summed E-state index contributed by atoms with van der Waals surface area (Å²) in [6.45, 7) is 3.40. The fraction of sp³-hybridized carbons (Fsp3) is 0.500. The molecule has 1 fully saturated rings. The van der Waals surface area contributed by atoms with Crippen molar-refractivity contribution >= 4 is 17.3 Å². The molecule has 2 rings (SSSR count). The molecule has 0 saturated carbocycles. The summed E-state index contributed by atoms with van der Waals surface area (Å²) in [5.41, 5.74) is 11.4. The first-order valence-electron chi connectivity index (χ1n) is 6.60. The van der Waals surface area contributed by atoms with Crippen LogP contribution in [0.15, 0.2) is 12.1 Å². The molecule has 0 aliphatic carbocycles. The van der Waals surface area contributed by atoms with E-state index in [1.54, 1.807) is 7.11 Å². The molecule has 1 aromatic rings. The largest absolute Gasteiger partial charge is 0.398 e. The van der Waals surface area contributed by atoms with E-state index < -0.39 is 11.7 Å². The van der Waals surface area contributed by atoms with Crippen LogP contribution in [0.1, 0.15) is 23.7 Å². The monoisotopic (exact) mass is 281 g/mol. The van der Waals surface area contributed by atoms with Crippen molar-refractivity contribution in [3.8, 4) is 0 Å². The summed E-state index contributed by atoms with van der Waals surface area (Å²) in [5, 5.41) is 0. The molecule has 1 heterocycles. The number of benzene rings is 1. The molecule has 0 spiro atoms. The fourth-order valence-electron chi connectivity index (χ4n) is 2.59. The van der Waals surface area contributed by atoms with Gasteiger partial charge in [-0.2, -0.15) is 0 Å². The fourth-order valence-corrected chi connectivity index (χ4v) is 2.59. The Morgan fingerprint density at radius 1 is 1.50 bits per heavy atom. The SMILES string of the molecule is COC1CN(c2cc(C(N)=O)c(N)cc2F)CCC1C. The van der Waals surface area contributed by atoms with E-state index in [1.165, 1.54) is 6.07 Å². The number of methoxy groups -OCH3 is 1. The van der Waals surface area contributed by atoms with E-state index >= 15 is 0 Å². The summed E-state index contributed by atoms with van der Waals surface area (Å²) < 4.78 is 19.5.